The second-order valence-electron chi connectivity index (χ2n) is 4.02. The molecule has 0 aliphatic carbocycles. The van der Waals surface area contributed by atoms with E-state index >= 15 is 0 Å². The first-order valence-electron chi connectivity index (χ1n) is 5.71. The minimum atomic E-state index is -0.416. The Kier molecular flexibility index (Phi) is 4.01. The molecule has 100 valence electrons. The lowest BCUT2D eigenvalue weighted by Crippen LogP contribution is -2.02. The van der Waals surface area contributed by atoms with Gasteiger partial charge >= 0.3 is 0 Å². The van der Waals surface area contributed by atoms with E-state index in [-0.39, 0.29) is 5.69 Å². The molecule has 0 radical (unpaired) electrons. The Labute approximate surface area is 115 Å². The molecule has 0 spiro atoms. The fourth-order valence-electron chi connectivity index (χ4n) is 1.71. The lowest BCUT2D eigenvalue weighted by atomic mass is 10.2. The maximum absolute atomic E-state index is 10.8. The van der Waals surface area contributed by atoms with Crippen LogP contribution in [0.3, 0.4) is 0 Å². The summed E-state index contributed by atoms with van der Waals surface area (Å²) in [4.78, 5) is 11.6. The molecule has 0 aliphatic heterocycles. The maximum Gasteiger partial charge on any atom is 0.271 e. The summed E-state index contributed by atoms with van der Waals surface area (Å²) in [5, 5.41) is 16.0. The van der Waals surface area contributed by atoms with E-state index in [4.69, 9.17) is 4.74 Å². The summed E-state index contributed by atoms with van der Waals surface area (Å²) in [6, 6.07) is 6.57. The van der Waals surface area contributed by atoms with E-state index in [1.807, 2.05) is 18.4 Å². The van der Waals surface area contributed by atoms with Crippen LogP contribution < -0.4 is 10.1 Å². The number of aryl methyl sites for hydroxylation is 1. The molecule has 0 bridgehead atoms. The Morgan fingerprint density at radius 2 is 2.21 bits per heavy atom. The van der Waals surface area contributed by atoms with Gasteiger partial charge in [0.2, 0.25) is 0 Å². The summed E-state index contributed by atoms with van der Waals surface area (Å²) >= 11 is 1.66. The van der Waals surface area contributed by atoms with Crippen LogP contribution in [0.4, 0.5) is 11.4 Å². The number of non-ortho nitro benzene ring substituents is 1. The van der Waals surface area contributed by atoms with E-state index in [1.165, 1.54) is 22.6 Å². The number of methoxy groups -OCH3 is 1. The number of nitrogens with one attached hydrogen (secondary N) is 1. The molecule has 1 heterocycles. The monoisotopic (exact) mass is 278 g/mol. The van der Waals surface area contributed by atoms with Gasteiger partial charge < -0.3 is 10.1 Å². The Bertz CT molecular complexity index is 595. The Balaban J connectivity index is 2.20. The number of hydrogen-bond acceptors (Lipinski definition) is 5. The van der Waals surface area contributed by atoms with Crippen molar-refractivity contribution in [3.63, 3.8) is 0 Å². The zero-order chi connectivity index (χ0) is 13.8. The van der Waals surface area contributed by atoms with Gasteiger partial charge in [0.05, 0.1) is 17.7 Å². The molecule has 0 saturated heterocycles. The Morgan fingerprint density at radius 1 is 1.42 bits per heavy atom. The number of rotatable bonds is 5. The van der Waals surface area contributed by atoms with Crippen LogP contribution in [0.2, 0.25) is 0 Å². The molecule has 0 unspecified atom stereocenters. The number of nitro benzene ring substituents is 1. The van der Waals surface area contributed by atoms with Crippen LogP contribution in [0, 0.1) is 17.0 Å². The van der Waals surface area contributed by atoms with Crippen LogP contribution >= 0.6 is 11.3 Å². The summed E-state index contributed by atoms with van der Waals surface area (Å²) in [7, 11) is 1.54. The van der Waals surface area contributed by atoms with Crippen LogP contribution in [-0.2, 0) is 6.54 Å². The van der Waals surface area contributed by atoms with Gasteiger partial charge in [-0.2, -0.15) is 0 Å². The molecule has 0 fully saturated rings. The average molecular weight is 278 g/mol. The predicted molar refractivity (Wildman–Crippen MR) is 76.0 cm³/mol. The highest BCUT2D eigenvalue weighted by atomic mass is 32.1. The average Bonchev–Trinajstić information content (AvgIpc) is 2.81. The number of nitro groups is 1. The molecule has 5 nitrogen and oxygen atoms in total. The highest BCUT2D eigenvalue weighted by Gasteiger charge is 2.11. The van der Waals surface area contributed by atoms with Crippen molar-refractivity contribution >= 4 is 22.7 Å². The van der Waals surface area contributed by atoms with Crippen molar-refractivity contribution in [1.29, 1.82) is 0 Å². The summed E-state index contributed by atoms with van der Waals surface area (Å²) < 4.78 is 5.20. The minimum absolute atomic E-state index is 0.0474. The predicted octanol–water partition coefficient (Wildman–Crippen LogP) is 3.59. The quantitative estimate of drug-likeness (QED) is 0.670. The Hall–Kier alpha value is -2.08. The maximum atomic E-state index is 10.8. The molecule has 1 aromatic heterocycles. The van der Waals surface area contributed by atoms with Gasteiger partial charge in [-0.1, -0.05) is 0 Å². The van der Waals surface area contributed by atoms with Crippen molar-refractivity contribution in [3.05, 3.63) is 50.2 Å². The van der Waals surface area contributed by atoms with Crippen LogP contribution in [0.1, 0.15) is 10.4 Å². The third-order valence-corrected chi connectivity index (χ3v) is 3.82. The standard InChI is InChI=1S/C13H14N2O3S/c1-9-5-6-19-13(9)8-14-11-7-10(15(16)17)3-4-12(11)18-2/h3-7,14H,8H2,1-2H3. The number of nitrogens with zero attached hydrogens (tertiary/aromatic N) is 1. The molecule has 6 heteroatoms. The third-order valence-electron chi connectivity index (χ3n) is 2.80. The fraction of sp³-hybridized carbons (Fsp3) is 0.231. The number of ether oxygens (including phenoxy) is 1. The largest absolute Gasteiger partial charge is 0.495 e. The molecular weight excluding hydrogens is 264 g/mol. The van der Waals surface area contributed by atoms with E-state index in [0.29, 0.717) is 18.0 Å². The Morgan fingerprint density at radius 3 is 2.79 bits per heavy atom. The van der Waals surface area contributed by atoms with Gasteiger partial charge in [0.15, 0.2) is 0 Å². The number of thiophene rings is 1. The summed E-state index contributed by atoms with van der Waals surface area (Å²) in [5.41, 5.74) is 1.89. The summed E-state index contributed by atoms with van der Waals surface area (Å²) in [6.07, 6.45) is 0. The molecule has 2 aromatic rings. The van der Waals surface area contributed by atoms with Crippen molar-refractivity contribution in [2.75, 3.05) is 12.4 Å². The van der Waals surface area contributed by atoms with E-state index < -0.39 is 4.92 Å². The SMILES string of the molecule is COc1ccc([N+](=O)[O-])cc1NCc1sccc1C. The second kappa shape index (κ2) is 5.71. The molecule has 1 aromatic carbocycles. The van der Waals surface area contributed by atoms with Crippen LogP contribution in [-0.4, -0.2) is 12.0 Å². The minimum Gasteiger partial charge on any atom is -0.495 e. The van der Waals surface area contributed by atoms with E-state index in [0.717, 1.165) is 0 Å². The van der Waals surface area contributed by atoms with Crippen molar-refractivity contribution < 1.29 is 9.66 Å². The van der Waals surface area contributed by atoms with Gasteiger partial charge in [0, 0.05) is 23.6 Å². The summed E-state index contributed by atoms with van der Waals surface area (Å²) in [6.45, 7) is 2.67. The summed E-state index contributed by atoms with van der Waals surface area (Å²) in [5.74, 6) is 0.597. The van der Waals surface area contributed by atoms with E-state index in [2.05, 4.69) is 5.32 Å². The third kappa shape index (κ3) is 3.03. The smallest absolute Gasteiger partial charge is 0.271 e. The highest BCUT2D eigenvalue weighted by Crippen LogP contribution is 2.29. The van der Waals surface area contributed by atoms with Gasteiger partial charge in [-0.05, 0) is 30.0 Å². The topological polar surface area (TPSA) is 64.4 Å². The van der Waals surface area contributed by atoms with E-state index in [9.17, 15) is 10.1 Å². The normalized spacial score (nSPS) is 10.2. The van der Waals surface area contributed by atoms with Crippen LogP contribution in [0.15, 0.2) is 29.6 Å². The van der Waals surface area contributed by atoms with Gasteiger partial charge in [0.25, 0.3) is 5.69 Å². The first-order valence-corrected chi connectivity index (χ1v) is 6.59. The first-order chi connectivity index (χ1) is 9.11. The zero-order valence-electron chi connectivity index (χ0n) is 10.7. The van der Waals surface area contributed by atoms with Gasteiger partial charge in [0.1, 0.15) is 5.75 Å². The molecule has 19 heavy (non-hydrogen) atoms. The van der Waals surface area contributed by atoms with E-state index in [1.54, 1.807) is 24.5 Å². The molecule has 0 amide bonds. The van der Waals surface area contributed by atoms with Crippen molar-refractivity contribution in [2.24, 2.45) is 0 Å². The van der Waals surface area contributed by atoms with Crippen molar-refractivity contribution in [1.82, 2.24) is 0 Å². The van der Waals surface area contributed by atoms with Crippen molar-refractivity contribution in [3.8, 4) is 5.75 Å². The number of anilines is 1. The highest BCUT2D eigenvalue weighted by molar-refractivity contribution is 7.10. The fourth-order valence-corrected chi connectivity index (χ4v) is 2.55. The number of benzene rings is 1. The van der Waals surface area contributed by atoms with Gasteiger partial charge in [-0.15, -0.1) is 11.3 Å². The van der Waals surface area contributed by atoms with Crippen molar-refractivity contribution in [2.45, 2.75) is 13.5 Å². The van der Waals surface area contributed by atoms with Gasteiger partial charge in [-0.25, -0.2) is 0 Å². The first kappa shape index (κ1) is 13.4. The van der Waals surface area contributed by atoms with Crippen LogP contribution in [0.25, 0.3) is 0 Å². The lowest BCUT2D eigenvalue weighted by molar-refractivity contribution is -0.384. The molecule has 0 aliphatic rings. The molecule has 0 atom stereocenters. The zero-order valence-corrected chi connectivity index (χ0v) is 11.5. The number of hydrogen-bond donors (Lipinski definition) is 1. The van der Waals surface area contributed by atoms with Gasteiger partial charge in [-0.3, -0.25) is 10.1 Å². The molecule has 0 saturated carbocycles. The molecule has 1 N–H and O–H groups in total. The van der Waals surface area contributed by atoms with Crippen LogP contribution in [0.5, 0.6) is 5.75 Å². The molecule has 2 rings (SSSR count). The molecular formula is C13H14N2O3S. The second-order valence-corrected chi connectivity index (χ2v) is 5.02. The lowest BCUT2D eigenvalue weighted by Gasteiger charge is -2.10.